The summed E-state index contributed by atoms with van der Waals surface area (Å²) in [5.41, 5.74) is 2.71. The van der Waals surface area contributed by atoms with Gasteiger partial charge in [-0.05, 0) is 12.8 Å². The Kier molecular flexibility index (Phi) is 5.15. The third-order valence-corrected chi connectivity index (χ3v) is 1.59. The monoisotopic (exact) mass is 151 g/mol. The highest BCUT2D eigenvalue weighted by molar-refractivity contribution is 5.85. The standard InChI is InChI=1S/C6H13NO.ClH/c1-7-8-6-4-2-3-5-6;/h6-7H,2-5H2,1H3;1H. The summed E-state index contributed by atoms with van der Waals surface area (Å²) < 4.78 is 0. The minimum Gasteiger partial charge on any atom is -0.299 e. The van der Waals surface area contributed by atoms with Crippen LogP contribution in [0.1, 0.15) is 25.7 Å². The van der Waals surface area contributed by atoms with Crippen molar-refractivity contribution >= 4 is 12.4 Å². The van der Waals surface area contributed by atoms with E-state index in [4.69, 9.17) is 4.84 Å². The van der Waals surface area contributed by atoms with Crippen LogP contribution in [-0.2, 0) is 4.84 Å². The summed E-state index contributed by atoms with van der Waals surface area (Å²) in [5, 5.41) is 0. The van der Waals surface area contributed by atoms with Crippen LogP contribution < -0.4 is 5.48 Å². The van der Waals surface area contributed by atoms with Gasteiger partial charge < -0.3 is 0 Å². The molecule has 0 saturated heterocycles. The number of rotatable bonds is 2. The maximum atomic E-state index is 5.15. The largest absolute Gasteiger partial charge is 0.299 e. The first-order valence-electron chi connectivity index (χ1n) is 3.26. The van der Waals surface area contributed by atoms with Crippen molar-refractivity contribution in [2.45, 2.75) is 31.8 Å². The molecule has 1 rings (SSSR count). The molecule has 1 fully saturated rings. The Morgan fingerprint density at radius 1 is 1.33 bits per heavy atom. The zero-order chi connectivity index (χ0) is 5.82. The van der Waals surface area contributed by atoms with Gasteiger partial charge in [-0.1, -0.05) is 12.8 Å². The van der Waals surface area contributed by atoms with Gasteiger partial charge in [-0.25, -0.2) is 5.48 Å². The van der Waals surface area contributed by atoms with Gasteiger partial charge in [-0.15, -0.1) is 12.4 Å². The molecule has 0 amide bonds. The van der Waals surface area contributed by atoms with Gasteiger partial charge in [0, 0.05) is 7.05 Å². The van der Waals surface area contributed by atoms with Crippen LogP contribution in [0.15, 0.2) is 0 Å². The Morgan fingerprint density at radius 3 is 2.33 bits per heavy atom. The van der Waals surface area contributed by atoms with Gasteiger partial charge in [0.25, 0.3) is 0 Å². The zero-order valence-corrected chi connectivity index (χ0v) is 6.54. The van der Waals surface area contributed by atoms with E-state index in [9.17, 15) is 0 Å². The second-order valence-electron chi connectivity index (χ2n) is 2.23. The lowest BCUT2D eigenvalue weighted by atomic mass is 10.3. The molecule has 1 aliphatic rings. The Balaban J connectivity index is 0.000000640. The highest BCUT2D eigenvalue weighted by Crippen LogP contribution is 2.19. The average molecular weight is 152 g/mol. The van der Waals surface area contributed by atoms with Gasteiger partial charge in [0.1, 0.15) is 0 Å². The van der Waals surface area contributed by atoms with Crippen molar-refractivity contribution in [1.82, 2.24) is 5.48 Å². The summed E-state index contributed by atoms with van der Waals surface area (Å²) >= 11 is 0. The molecule has 0 aromatic heterocycles. The van der Waals surface area contributed by atoms with Crippen molar-refractivity contribution < 1.29 is 4.84 Å². The quantitative estimate of drug-likeness (QED) is 0.604. The molecule has 56 valence electrons. The van der Waals surface area contributed by atoms with Crippen LogP contribution in [0, 0.1) is 0 Å². The Morgan fingerprint density at radius 2 is 1.89 bits per heavy atom. The molecule has 3 heteroatoms. The molecule has 0 heterocycles. The molecular formula is C6H14ClNO. The number of hydroxylamine groups is 1. The van der Waals surface area contributed by atoms with E-state index in [2.05, 4.69) is 5.48 Å². The van der Waals surface area contributed by atoms with Crippen LogP contribution in [0.2, 0.25) is 0 Å². The van der Waals surface area contributed by atoms with Crippen LogP contribution in [0.5, 0.6) is 0 Å². The smallest absolute Gasteiger partial charge is 0.0790 e. The van der Waals surface area contributed by atoms with Crippen molar-refractivity contribution in [3.05, 3.63) is 0 Å². The fourth-order valence-corrected chi connectivity index (χ4v) is 1.17. The normalized spacial score (nSPS) is 19.7. The maximum Gasteiger partial charge on any atom is 0.0790 e. The summed E-state index contributed by atoms with van der Waals surface area (Å²) in [6, 6.07) is 0. The van der Waals surface area contributed by atoms with Gasteiger partial charge in [-0.3, -0.25) is 4.84 Å². The third-order valence-electron chi connectivity index (χ3n) is 1.59. The van der Waals surface area contributed by atoms with Gasteiger partial charge >= 0.3 is 0 Å². The van der Waals surface area contributed by atoms with Crippen LogP contribution in [0.25, 0.3) is 0 Å². The molecule has 0 atom stereocenters. The van der Waals surface area contributed by atoms with Gasteiger partial charge in [0.2, 0.25) is 0 Å². The molecule has 0 aliphatic heterocycles. The van der Waals surface area contributed by atoms with E-state index in [1.165, 1.54) is 25.7 Å². The van der Waals surface area contributed by atoms with E-state index in [-0.39, 0.29) is 12.4 Å². The lowest BCUT2D eigenvalue weighted by Crippen LogP contribution is -2.16. The molecular weight excluding hydrogens is 138 g/mol. The summed E-state index contributed by atoms with van der Waals surface area (Å²) in [4.78, 5) is 5.15. The molecule has 1 N–H and O–H groups in total. The van der Waals surface area contributed by atoms with Gasteiger partial charge in [0.15, 0.2) is 0 Å². The molecule has 0 radical (unpaired) electrons. The van der Waals surface area contributed by atoms with Crippen molar-refractivity contribution in [1.29, 1.82) is 0 Å². The summed E-state index contributed by atoms with van der Waals surface area (Å²) in [6.45, 7) is 0. The first-order chi connectivity index (χ1) is 3.93. The predicted molar refractivity (Wildman–Crippen MR) is 39.6 cm³/mol. The van der Waals surface area contributed by atoms with Crippen molar-refractivity contribution in [2.24, 2.45) is 0 Å². The topological polar surface area (TPSA) is 21.3 Å². The highest BCUT2D eigenvalue weighted by Gasteiger charge is 2.14. The summed E-state index contributed by atoms with van der Waals surface area (Å²) in [6.07, 6.45) is 5.65. The van der Waals surface area contributed by atoms with E-state index < -0.39 is 0 Å². The number of hydrogen-bond acceptors (Lipinski definition) is 2. The molecule has 0 spiro atoms. The van der Waals surface area contributed by atoms with E-state index in [0.717, 1.165) is 0 Å². The van der Waals surface area contributed by atoms with Crippen molar-refractivity contribution in [3.8, 4) is 0 Å². The fraction of sp³-hybridized carbons (Fsp3) is 1.00. The number of hydrogen-bond donors (Lipinski definition) is 1. The summed E-state index contributed by atoms with van der Waals surface area (Å²) in [7, 11) is 1.82. The lowest BCUT2D eigenvalue weighted by Gasteiger charge is -2.06. The Bertz CT molecular complexity index is 64.1. The highest BCUT2D eigenvalue weighted by atomic mass is 35.5. The molecule has 0 bridgehead atoms. The van der Waals surface area contributed by atoms with E-state index >= 15 is 0 Å². The maximum absolute atomic E-state index is 5.15. The van der Waals surface area contributed by atoms with Crippen LogP contribution in [0.3, 0.4) is 0 Å². The lowest BCUT2D eigenvalue weighted by molar-refractivity contribution is -0.00725. The number of halogens is 1. The minimum absolute atomic E-state index is 0. The Hall–Kier alpha value is 0.210. The van der Waals surface area contributed by atoms with Crippen LogP contribution in [0.4, 0.5) is 0 Å². The zero-order valence-electron chi connectivity index (χ0n) is 5.72. The third kappa shape index (κ3) is 3.04. The van der Waals surface area contributed by atoms with E-state index in [0.29, 0.717) is 6.10 Å². The van der Waals surface area contributed by atoms with Crippen molar-refractivity contribution in [3.63, 3.8) is 0 Å². The molecule has 9 heavy (non-hydrogen) atoms. The minimum atomic E-state index is 0. The van der Waals surface area contributed by atoms with E-state index in [1.807, 2.05) is 7.05 Å². The average Bonchev–Trinajstić information content (AvgIpc) is 2.19. The molecule has 1 saturated carbocycles. The SMILES string of the molecule is CNOC1CCCC1.Cl. The molecule has 0 aromatic rings. The predicted octanol–water partition coefficient (Wildman–Crippen LogP) is 1.50. The molecule has 1 aliphatic carbocycles. The van der Waals surface area contributed by atoms with Crippen LogP contribution >= 0.6 is 12.4 Å². The molecule has 0 unspecified atom stereocenters. The van der Waals surface area contributed by atoms with Crippen LogP contribution in [-0.4, -0.2) is 13.2 Å². The second kappa shape index (κ2) is 5.03. The molecule has 0 aromatic carbocycles. The van der Waals surface area contributed by atoms with Crippen molar-refractivity contribution in [2.75, 3.05) is 7.05 Å². The van der Waals surface area contributed by atoms with Gasteiger partial charge in [0.05, 0.1) is 6.10 Å². The second-order valence-corrected chi connectivity index (χ2v) is 2.23. The first kappa shape index (κ1) is 9.21. The van der Waals surface area contributed by atoms with Gasteiger partial charge in [-0.2, -0.15) is 0 Å². The molecule has 2 nitrogen and oxygen atoms in total. The number of nitrogens with one attached hydrogen (secondary N) is 1. The first-order valence-corrected chi connectivity index (χ1v) is 3.26. The Labute approximate surface area is 62.3 Å². The fourth-order valence-electron chi connectivity index (χ4n) is 1.17. The summed E-state index contributed by atoms with van der Waals surface area (Å²) in [5.74, 6) is 0. The van der Waals surface area contributed by atoms with E-state index in [1.54, 1.807) is 0 Å².